The van der Waals surface area contributed by atoms with Crippen LogP contribution in [0.5, 0.6) is 0 Å². The Labute approximate surface area is 47.8 Å². The van der Waals surface area contributed by atoms with Crippen LogP contribution in [0.15, 0.2) is 12.2 Å². The van der Waals surface area contributed by atoms with Crippen molar-refractivity contribution < 1.29 is 9.90 Å². The molecule has 0 spiro atoms. The van der Waals surface area contributed by atoms with Crippen molar-refractivity contribution in [2.75, 3.05) is 0 Å². The summed E-state index contributed by atoms with van der Waals surface area (Å²) >= 11 is 0. The molecule has 1 amide bonds. The minimum Gasteiger partial charge on any atom is -0.389 e. The molecule has 0 aromatic rings. The Kier molecular flexibility index (Phi) is 2.88. The van der Waals surface area contributed by atoms with Crippen LogP contribution in [0.25, 0.3) is 0 Å². The molecular formula is C5H9NO2. The Hall–Kier alpha value is -0.830. The van der Waals surface area contributed by atoms with Gasteiger partial charge in [-0.25, -0.2) is 0 Å². The van der Waals surface area contributed by atoms with Gasteiger partial charge in [0.2, 0.25) is 5.91 Å². The van der Waals surface area contributed by atoms with E-state index in [2.05, 4.69) is 0 Å². The Bertz CT molecular complexity index is 107. The third-order valence-electron chi connectivity index (χ3n) is 0.539. The fraction of sp³-hybridized carbons (Fsp3) is 0.400. The second-order valence-electron chi connectivity index (χ2n) is 1.50. The van der Waals surface area contributed by atoms with E-state index in [0.717, 1.165) is 6.08 Å². The van der Waals surface area contributed by atoms with Gasteiger partial charge in [0.1, 0.15) is 0 Å². The third kappa shape index (κ3) is 5.17. The maximum atomic E-state index is 9.93. The first-order chi connectivity index (χ1) is 3.63. The summed E-state index contributed by atoms with van der Waals surface area (Å²) in [7, 11) is 0. The highest BCUT2D eigenvalue weighted by Gasteiger charge is 1.85. The van der Waals surface area contributed by atoms with E-state index in [1.807, 2.05) is 0 Å². The number of nitrogens with two attached hydrogens (primary N) is 1. The van der Waals surface area contributed by atoms with Crippen molar-refractivity contribution >= 4 is 5.91 Å². The first kappa shape index (κ1) is 7.17. The van der Waals surface area contributed by atoms with Gasteiger partial charge in [-0.05, 0) is 6.92 Å². The Morgan fingerprint density at radius 1 is 1.88 bits per heavy atom. The van der Waals surface area contributed by atoms with Crippen molar-refractivity contribution in [2.24, 2.45) is 5.73 Å². The summed E-state index contributed by atoms with van der Waals surface area (Å²) in [5.41, 5.74) is 4.70. The van der Waals surface area contributed by atoms with Crippen LogP contribution in [0.2, 0.25) is 0 Å². The topological polar surface area (TPSA) is 63.3 Å². The van der Waals surface area contributed by atoms with Crippen molar-refractivity contribution in [1.82, 2.24) is 0 Å². The maximum absolute atomic E-state index is 9.93. The van der Waals surface area contributed by atoms with Crippen LogP contribution in [-0.4, -0.2) is 17.1 Å². The summed E-state index contributed by atoms with van der Waals surface area (Å²) in [4.78, 5) is 9.93. The van der Waals surface area contributed by atoms with Gasteiger partial charge in [-0.15, -0.1) is 0 Å². The lowest BCUT2D eigenvalue weighted by molar-refractivity contribution is -0.113. The highest BCUT2D eigenvalue weighted by Crippen LogP contribution is 1.79. The van der Waals surface area contributed by atoms with Crippen molar-refractivity contribution in [2.45, 2.75) is 13.0 Å². The fourth-order valence-corrected chi connectivity index (χ4v) is 0.234. The SMILES string of the molecule is C[C@H](O)/C=C\C(N)=O. The summed E-state index contributed by atoms with van der Waals surface area (Å²) in [6, 6.07) is 0. The minimum absolute atomic E-state index is 0.536. The average Bonchev–Trinajstić information content (AvgIpc) is 1.61. The molecule has 0 saturated heterocycles. The molecule has 0 aliphatic carbocycles. The van der Waals surface area contributed by atoms with Gasteiger partial charge in [0.25, 0.3) is 0 Å². The predicted molar refractivity (Wildman–Crippen MR) is 30.0 cm³/mol. The molecule has 0 bridgehead atoms. The van der Waals surface area contributed by atoms with Gasteiger partial charge in [-0.2, -0.15) is 0 Å². The van der Waals surface area contributed by atoms with E-state index >= 15 is 0 Å². The van der Waals surface area contributed by atoms with E-state index in [1.165, 1.54) is 6.08 Å². The predicted octanol–water partition coefficient (Wildman–Crippen LogP) is -0.591. The van der Waals surface area contributed by atoms with Crippen LogP contribution in [-0.2, 0) is 4.79 Å². The summed E-state index contributed by atoms with van der Waals surface area (Å²) in [5, 5.41) is 8.51. The van der Waals surface area contributed by atoms with Crippen LogP contribution >= 0.6 is 0 Å². The van der Waals surface area contributed by atoms with Gasteiger partial charge in [0.05, 0.1) is 6.10 Å². The summed E-state index contributed by atoms with van der Waals surface area (Å²) in [6.45, 7) is 1.54. The number of aliphatic hydroxyl groups excluding tert-OH is 1. The number of carbonyl (C=O) groups excluding carboxylic acids is 1. The third-order valence-corrected chi connectivity index (χ3v) is 0.539. The van der Waals surface area contributed by atoms with E-state index < -0.39 is 12.0 Å². The highest BCUT2D eigenvalue weighted by molar-refractivity contribution is 5.85. The number of aliphatic hydroxyl groups is 1. The molecule has 0 aromatic heterocycles. The van der Waals surface area contributed by atoms with Crippen LogP contribution in [0.1, 0.15) is 6.92 Å². The molecule has 0 saturated carbocycles. The van der Waals surface area contributed by atoms with Gasteiger partial charge in [0.15, 0.2) is 0 Å². The Balaban J connectivity index is 3.50. The first-order valence-electron chi connectivity index (χ1n) is 2.28. The molecule has 3 heteroatoms. The Morgan fingerprint density at radius 2 is 2.38 bits per heavy atom. The van der Waals surface area contributed by atoms with Crippen LogP contribution in [0.3, 0.4) is 0 Å². The second kappa shape index (κ2) is 3.21. The molecule has 8 heavy (non-hydrogen) atoms. The molecule has 0 heterocycles. The zero-order valence-corrected chi connectivity index (χ0v) is 4.66. The lowest BCUT2D eigenvalue weighted by Crippen LogP contribution is -2.07. The van der Waals surface area contributed by atoms with Crippen LogP contribution < -0.4 is 5.73 Å². The molecule has 1 atom stereocenters. The lowest BCUT2D eigenvalue weighted by atomic mass is 10.3. The molecule has 0 aliphatic heterocycles. The standard InChI is InChI=1S/C5H9NO2/c1-4(7)2-3-5(6)8/h2-4,7H,1H3,(H2,6,8)/b3-2-/t4-/m0/s1. The zero-order chi connectivity index (χ0) is 6.57. The molecule has 0 aromatic carbocycles. The molecule has 3 nitrogen and oxygen atoms in total. The van der Waals surface area contributed by atoms with Crippen molar-refractivity contribution in [1.29, 1.82) is 0 Å². The normalized spacial score (nSPS) is 14.2. The van der Waals surface area contributed by atoms with Crippen LogP contribution in [0, 0.1) is 0 Å². The number of carbonyl (C=O) groups is 1. The van der Waals surface area contributed by atoms with E-state index in [0.29, 0.717) is 0 Å². The molecule has 3 N–H and O–H groups in total. The van der Waals surface area contributed by atoms with E-state index in [9.17, 15) is 4.79 Å². The second-order valence-corrected chi connectivity index (χ2v) is 1.50. The van der Waals surface area contributed by atoms with Crippen molar-refractivity contribution in [3.05, 3.63) is 12.2 Å². The summed E-state index contributed by atoms with van der Waals surface area (Å²) in [5.74, 6) is -0.536. The van der Waals surface area contributed by atoms with Crippen molar-refractivity contribution in [3.63, 3.8) is 0 Å². The number of rotatable bonds is 2. The largest absolute Gasteiger partial charge is 0.389 e. The smallest absolute Gasteiger partial charge is 0.241 e. The van der Waals surface area contributed by atoms with Gasteiger partial charge in [-0.3, -0.25) is 4.79 Å². The molecule has 0 aliphatic rings. The molecule has 0 fully saturated rings. The molecule has 46 valence electrons. The van der Waals surface area contributed by atoms with E-state index in [4.69, 9.17) is 10.8 Å². The summed E-state index contributed by atoms with van der Waals surface area (Å²) in [6.07, 6.45) is 1.86. The molecule has 0 unspecified atom stereocenters. The first-order valence-corrected chi connectivity index (χ1v) is 2.28. The average molecular weight is 115 g/mol. The van der Waals surface area contributed by atoms with Gasteiger partial charge < -0.3 is 10.8 Å². The zero-order valence-electron chi connectivity index (χ0n) is 4.66. The molecular weight excluding hydrogens is 106 g/mol. The minimum atomic E-state index is -0.595. The van der Waals surface area contributed by atoms with Crippen molar-refractivity contribution in [3.8, 4) is 0 Å². The lowest BCUT2D eigenvalue weighted by Gasteiger charge is -1.88. The van der Waals surface area contributed by atoms with E-state index in [-0.39, 0.29) is 0 Å². The number of primary amides is 1. The number of amides is 1. The molecule has 0 rings (SSSR count). The van der Waals surface area contributed by atoms with Gasteiger partial charge in [-0.1, -0.05) is 6.08 Å². The van der Waals surface area contributed by atoms with Gasteiger partial charge in [0, 0.05) is 6.08 Å². The summed E-state index contributed by atoms with van der Waals surface area (Å²) < 4.78 is 0. The monoisotopic (exact) mass is 115 g/mol. The van der Waals surface area contributed by atoms with Crippen LogP contribution in [0.4, 0.5) is 0 Å². The van der Waals surface area contributed by atoms with Gasteiger partial charge >= 0.3 is 0 Å². The Morgan fingerprint density at radius 3 is 2.50 bits per heavy atom. The molecule has 0 radical (unpaired) electrons. The number of hydrogen-bond donors (Lipinski definition) is 2. The highest BCUT2D eigenvalue weighted by atomic mass is 16.3. The maximum Gasteiger partial charge on any atom is 0.241 e. The van der Waals surface area contributed by atoms with E-state index in [1.54, 1.807) is 6.92 Å². The fourth-order valence-electron chi connectivity index (χ4n) is 0.234. The quantitative estimate of drug-likeness (QED) is 0.472. The number of hydrogen-bond acceptors (Lipinski definition) is 2.